The Morgan fingerprint density at radius 1 is 0.438 bits per heavy atom. The highest BCUT2D eigenvalue weighted by atomic mass is 16.2. The summed E-state index contributed by atoms with van der Waals surface area (Å²) in [5.74, 6) is 1.32. The molecule has 16 nitrogen and oxygen atoms in total. The summed E-state index contributed by atoms with van der Waals surface area (Å²) in [5.41, 5.74) is 18.6. The van der Waals surface area contributed by atoms with Gasteiger partial charge in [-0.1, -0.05) is 390 Å². The van der Waals surface area contributed by atoms with Crippen LogP contribution in [0, 0.1) is 54.1 Å². The van der Waals surface area contributed by atoms with Crippen molar-refractivity contribution >= 4 is 23.3 Å². The number of aliphatic imine (C=N–C) groups is 1. The van der Waals surface area contributed by atoms with Gasteiger partial charge in [0.15, 0.2) is 12.3 Å². The monoisotopic (exact) mass is 1820 g/mol. The van der Waals surface area contributed by atoms with Crippen LogP contribution in [-0.4, -0.2) is 81.7 Å². The van der Waals surface area contributed by atoms with Gasteiger partial charge in [0.05, 0.1) is 30.3 Å². The summed E-state index contributed by atoms with van der Waals surface area (Å²) in [4.78, 5) is 77.5. The van der Waals surface area contributed by atoms with E-state index in [1.54, 1.807) is 17.3 Å². The molecule has 0 spiro atoms. The summed E-state index contributed by atoms with van der Waals surface area (Å²) in [6, 6.07) is 1.03. The fourth-order valence-electron chi connectivity index (χ4n) is 17.3. The molecule has 2 aromatic rings. The number of dihydropyridines is 1. The van der Waals surface area contributed by atoms with E-state index >= 15 is 0 Å². The molecule has 2 aromatic heterocycles. The highest BCUT2D eigenvalue weighted by molar-refractivity contribution is 6.01. The van der Waals surface area contributed by atoms with Crippen LogP contribution in [0.3, 0.4) is 0 Å². The predicted octanol–water partition coefficient (Wildman–Crippen LogP) is 29.9. The number of rotatable bonds is 18. The molecule has 2 unspecified atom stereocenters. The Hall–Kier alpha value is -6.16. The lowest BCUT2D eigenvalue weighted by atomic mass is 9.73. The van der Waals surface area contributed by atoms with Crippen LogP contribution in [0.2, 0.25) is 0 Å². The van der Waals surface area contributed by atoms with Crippen LogP contribution in [0.4, 0.5) is 0 Å². The number of Topliss-reactive ketones (excluding diaryl/α,β-unsaturated/α-hetero) is 1. The quantitative estimate of drug-likeness (QED) is 0.0702. The second kappa shape index (κ2) is 49.5. The lowest BCUT2D eigenvalue weighted by Crippen LogP contribution is -2.47. The van der Waals surface area contributed by atoms with Gasteiger partial charge in [-0.15, -0.1) is 4.68 Å². The maximum absolute atomic E-state index is 12.6. The van der Waals surface area contributed by atoms with Crippen molar-refractivity contribution < 1.29 is 27.6 Å². The Morgan fingerprint density at radius 3 is 1.32 bits per heavy atom. The van der Waals surface area contributed by atoms with E-state index in [1.807, 2.05) is 4.68 Å². The largest absolute Gasteiger partial charge is 0.385 e. The number of allylic oxidation sites excluding steroid dienone is 9. The minimum absolute atomic E-state index is 0. The molecule has 7 heterocycles. The van der Waals surface area contributed by atoms with E-state index in [2.05, 4.69) is 387 Å². The van der Waals surface area contributed by atoms with Gasteiger partial charge in [-0.25, -0.2) is 4.98 Å². The van der Waals surface area contributed by atoms with Crippen LogP contribution >= 0.6 is 0 Å². The highest BCUT2D eigenvalue weighted by Crippen LogP contribution is 2.46. The predicted molar refractivity (Wildman–Crippen MR) is 576 cm³/mol. The van der Waals surface area contributed by atoms with Crippen molar-refractivity contribution in [1.29, 1.82) is 0 Å². The van der Waals surface area contributed by atoms with Crippen molar-refractivity contribution in [2.45, 2.75) is 508 Å². The van der Waals surface area contributed by atoms with E-state index in [1.165, 1.54) is 80.5 Å². The Bertz CT molecular complexity index is 4240. The number of aromatic amines is 2. The van der Waals surface area contributed by atoms with E-state index in [4.69, 9.17) is 9.98 Å². The maximum Gasteiger partial charge on any atom is 0.254 e. The number of carbonyl (C=O) groups excluding carboxylic acids is 3. The standard InChI is InChI=1S/C17H32N2O.C17H30N2O.C17H31NO.C17H33N.2C16H28N2O.C14H25N.6H2/c1-8-9-10-19-11-13(16(2,3)4)14(17(5,6)7)15(20)18-12-19;1-8-9-10-12-11-18-15(20)13(16(2,3)4)14(19-12)17(5,6)7;1-8-9-10-12-11-13(19)14(16(2,3)4)15(18-12)17(5,6)7;1-8-9-10-13-11-12-14(16(2,3)4)15(18-13)17(5,6)7;1-8-9-10-18-11-12(19)13(15(2,3)4)14(17-18)16(5,6)7;1-8-9-10-11-17-13(16(5,6)7)12(14(19)18-11)15(2,3)4;1-10-8-9-11(13(2,3)4)12(15-10)14(5,6)7;;;;;;/h8-12H2,1-7H3,(H,18,20);8-11H2,1-7H3,(H,18,20);12,18H,8-11H2,1-7H3;13,18H,8-12H2,1-7H3;11H,8-10H2,1-7H3;8-10H2,1-7H3,(H,17,18,19);8,15H,9H2,1-7H3;6*1H/p+1. The molecule has 0 bridgehead atoms. The van der Waals surface area contributed by atoms with Crippen LogP contribution in [0.15, 0.2) is 88.8 Å². The molecular weight excluding hydrogens is 1600 g/mol. The number of carbonyl (C=O) groups is 3. The zero-order chi connectivity index (χ0) is 101. The fourth-order valence-corrected chi connectivity index (χ4v) is 17.3. The molecule has 0 saturated heterocycles. The molecule has 0 radical (unpaired) electrons. The van der Waals surface area contributed by atoms with Gasteiger partial charge in [0.25, 0.3) is 5.56 Å². The molecule has 2 amide bonds. The van der Waals surface area contributed by atoms with E-state index in [0.29, 0.717) is 42.9 Å². The third-order valence-electron chi connectivity index (χ3n) is 24.4. The third kappa shape index (κ3) is 40.4. The number of ketones is 1. The summed E-state index contributed by atoms with van der Waals surface area (Å²) in [5, 5.41) is 20.7. The number of aromatic nitrogens is 4. The number of amides is 2. The van der Waals surface area contributed by atoms with Gasteiger partial charge in [0.1, 0.15) is 5.82 Å². The van der Waals surface area contributed by atoms with Gasteiger partial charge >= 0.3 is 0 Å². The number of nitrogens with zero attached hydrogens (tertiary/aromatic N) is 4. The molecule has 7 N–H and O–H groups in total. The van der Waals surface area contributed by atoms with Crippen molar-refractivity contribution in [3.8, 4) is 0 Å². The van der Waals surface area contributed by atoms with Crippen molar-refractivity contribution in [1.82, 2.24) is 46.6 Å². The van der Waals surface area contributed by atoms with Crippen molar-refractivity contribution in [2.24, 2.45) is 59.1 Å². The third-order valence-corrected chi connectivity index (χ3v) is 24.4. The Morgan fingerprint density at radius 2 is 0.892 bits per heavy atom. The minimum Gasteiger partial charge on any atom is -0.385 e. The maximum atomic E-state index is 12.6. The van der Waals surface area contributed by atoms with Gasteiger partial charge in [-0.3, -0.25) is 33.9 Å². The van der Waals surface area contributed by atoms with E-state index in [9.17, 15) is 24.0 Å². The number of hydrogen-bond donors (Lipinski definition) is 7. The van der Waals surface area contributed by atoms with E-state index < -0.39 is 0 Å². The zero-order valence-corrected chi connectivity index (χ0v) is 94.3. The smallest absolute Gasteiger partial charge is 0.254 e. The number of hydrogen-bond acceptors (Lipinski definition) is 11. The molecule has 0 aliphatic carbocycles. The molecule has 760 valence electrons. The highest BCUT2D eigenvalue weighted by Gasteiger charge is 2.42. The molecule has 16 heteroatoms. The van der Waals surface area contributed by atoms with Gasteiger partial charge < -0.3 is 31.6 Å². The first-order chi connectivity index (χ1) is 58.6. The Kier molecular flexibility index (Phi) is 46.4. The number of unbranched alkanes of at least 4 members (excludes halogenated alkanes) is 6. The van der Waals surface area contributed by atoms with E-state index in [-0.39, 0.29) is 102 Å². The van der Waals surface area contributed by atoms with Gasteiger partial charge in [-0.05, 0) is 125 Å². The van der Waals surface area contributed by atoms with Crippen LogP contribution in [-0.2, 0) is 49.0 Å². The fraction of sp³-hybridized carbons (Fsp3) is 0.789. The van der Waals surface area contributed by atoms with Crippen molar-refractivity contribution in [2.75, 3.05) is 26.3 Å². The Balaban J connectivity index is -0.000000360. The van der Waals surface area contributed by atoms with Crippen LogP contribution in [0.25, 0.3) is 0 Å². The molecule has 5 aliphatic heterocycles. The normalized spacial score (nSPS) is 17.8. The first-order valence-electron chi connectivity index (χ1n) is 51.0. The summed E-state index contributed by atoms with van der Waals surface area (Å²) in [6.45, 7) is 111. The van der Waals surface area contributed by atoms with Crippen molar-refractivity contribution in [3.05, 3.63) is 123 Å². The zero-order valence-electron chi connectivity index (χ0n) is 94.3. The van der Waals surface area contributed by atoms with Gasteiger partial charge in [0.2, 0.25) is 23.4 Å². The molecule has 0 fully saturated rings. The second-order valence-corrected chi connectivity index (χ2v) is 52.7. The topological polar surface area (TPSA) is 209 Å². The molecule has 2 atom stereocenters. The van der Waals surface area contributed by atoms with Gasteiger partial charge in [-0.2, -0.15) is 5.10 Å². The Labute approximate surface area is 809 Å². The molecule has 5 aliphatic rings. The minimum atomic E-state index is -0.198. The summed E-state index contributed by atoms with van der Waals surface area (Å²) in [7, 11) is 0. The SMILES string of the molecule is CC1=CCC(C(C)(C)C)=C(C(C)(C)C)N1.CCCCC1=NC(C(C)(C)C)=C(C(C)(C)C)C(=O)NC1.CCCCC1CC(=O)C(C(C)(C)C)=C(C(C)(C)C)N1.CCCCC1CCC(C(C)(C)C)=C(C(C)(C)C)N1.CCCCN1CNC(=O)C(C(C)(C)C)=C(C(C)(C)C)C1.CCCC[n+]1cc(=O)c(C(C)(C)C)c(C(C)(C)C)[nH]1.CCCCc1nc(C(C)(C)C)c(C(C)(C)C)c(=O)[nH]1.[HH].[HH].[HH].[HH].[HH].[HH]. The first-order valence-corrected chi connectivity index (χ1v) is 51.0. The van der Waals surface area contributed by atoms with Gasteiger partial charge in [0, 0.05) is 142 Å². The average Bonchev–Trinajstić information content (AvgIpc) is 1.17. The number of aryl methyl sites for hydroxylation is 2. The second-order valence-electron chi connectivity index (χ2n) is 52.7. The molecule has 0 saturated carbocycles. The summed E-state index contributed by atoms with van der Waals surface area (Å²) < 4.78 is 1.95. The first kappa shape index (κ1) is 122. The lowest BCUT2D eigenvalue weighted by Gasteiger charge is -2.40. The van der Waals surface area contributed by atoms with Crippen LogP contribution < -0.4 is 42.3 Å². The molecule has 0 aromatic carbocycles. The molecular formula is C114H220N11O5+. The lowest BCUT2D eigenvalue weighted by molar-refractivity contribution is -0.755. The average molecular weight is 1830 g/mol. The number of H-pyrrole nitrogens is 2. The van der Waals surface area contributed by atoms with Crippen molar-refractivity contribution in [3.63, 3.8) is 0 Å². The molecule has 130 heavy (non-hydrogen) atoms. The number of nitrogens with one attached hydrogen (secondary N) is 7. The summed E-state index contributed by atoms with van der Waals surface area (Å²) >= 11 is 0. The van der Waals surface area contributed by atoms with Crippen LogP contribution in [0.1, 0.15) is 498 Å². The molecule has 7 rings (SSSR count). The van der Waals surface area contributed by atoms with Crippen LogP contribution in [0.5, 0.6) is 0 Å². The summed E-state index contributed by atoms with van der Waals surface area (Å²) in [6.07, 6.45) is 26.6. The van der Waals surface area contributed by atoms with E-state index in [0.717, 1.165) is 146 Å².